The number of amidine groups is 1. The lowest BCUT2D eigenvalue weighted by Crippen LogP contribution is -2.32. The van der Waals surface area contributed by atoms with Gasteiger partial charge < -0.3 is 5.43 Å². The lowest BCUT2D eigenvalue weighted by Gasteiger charge is -2.31. The Morgan fingerprint density at radius 1 is 0.907 bits per heavy atom. The van der Waals surface area contributed by atoms with Crippen LogP contribution in [0.2, 0.25) is 0 Å². The third kappa shape index (κ3) is 5.86. The van der Waals surface area contributed by atoms with Crippen LogP contribution in [0.5, 0.6) is 0 Å². The molecule has 0 bridgehead atoms. The molecule has 5 heterocycles. The lowest BCUT2D eigenvalue weighted by molar-refractivity contribution is 0.202. The van der Waals surface area contributed by atoms with E-state index in [0.29, 0.717) is 24.0 Å². The summed E-state index contributed by atoms with van der Waals surface area (Å²) in [7, 11) is 0. The Morgan fingerprint density at radius 3 is 2.49 bits per heavy atom. The molecule has 7 rings (SSSR count). The van der Waals surface area contributed by atoms with E-state index in [9.17, 15) is 0 Å². The van der Waals surface area contributed by atoms with Crippen molar-refractivity contribution in [2.45, 2.75) is 31.7 Å². The van der Waals surface area contributed by atoms with E-state index in [0.717, 1.165) is 77.6 Å². The first kappa shape index (κ1) is 26.9. The Bertz CT molecular complexity index is 1750. The highest BCUT2D eigenvalue weighted by molar-refractivity contribution is 5.89. The van der Waals surface area contributed by atoms with Crippen LogP contribution in [0.1, 0.15) is 41.4 Å². The van der Waals surface area contributed by atoms with E-state index in [4.69, 9.17) is 15.8 Å². The quantitative estimate of drug-likeness (QED) is 0.186. The van der Waals surface area contributed by atoms with Gasteiger partial charge in [0.2, 0.25) is 0 Å². The molecule has 0 spiro atoms. The van der Waals surface area contributed by atoms with Gasteiger partial charge >= 0.3 is 0 Å². The van der Waals surface area contributed by atoms with Crippen molar-refractivity contribution in [1.82, 2.24) is 35.5 Å². The lowest BCUT2D eigenvalue weighted by atomic mass is 9.94. The van der Waals surface area contributed by atoms with Crippen LogP contribution >= 0.6 is 0 Å². The number of aromatic nitrogens is 5. The molecule has 9 heteroatoms. The van der Waals surface area contributed by atoms with E-state index in [2.05, 4.69) is 85.1 Å². The van der Waals surface area contributed by atoms with Crippen LogP contribution in [0.15, 0.2) is 96.3 Å². The molecule has 5 aromatic rings. The summed E-state index contributed by atoms with van der Waals surface area (Å²) < 4.78 is 0. The van der Waals surface area contributed by atoms with E-state index in [1.807, 2.05) is 30.3 Å². The molecule has 0 unspecified atom stereocenters. The molecule has 2 aliphatic rings. The van der Waals surface area contributed by atoms with Crippen LogP contribution < -0.4 is 11.3 Å². The number of nitrogens with two attached hydrogens (primary N) is 1. The third-order valence-corrected chi connectivity index (χ3v) is 8.21. The molecule has 2 aromatic carbocycles. The molecule has 1 fully saturated rings. The molecular weight excluding hydrogens is 534 g/mol. The maximum absolute atomic E-state index is 5.69. The number of hydrazine groups is 1. The van der Waals surface area contributed by atoms with Gasteiger partial charge in [0.1, 0.15) is 17.4 Å². The molecule has 3 aromatic heterocycles. The van der Waals surface area contributed by atoms with Gasteiger partial charge in [-0.1, -0.05) is 60.7 Å². The minimum Gasteiger partial charge on any atom is -0.312 e. The third-order valence-electron chi connectivity index (χ3n) is 8.21. The SMILES string of the molecule is NNC1=NC=Cc2nc(-c3ccc(CN4CCC(c5nc(-c6ccccn6)n[nH]5)CC4)cc3)c(-c3ccccc3)cc2C1. The van der Waals surface area contributed by atoms with Crippen molar-refractivity contribution in [1.29, 1.82) is 0 Å². The summed E-state index contributed by atoms with van der Waals surface area (Å²) in [6, 6.07) is 27.3. The Hall–Kier alpha value is -4.99. The zero-order chi connectivity index (χ0) is 29.0. The molecule has 0 aliphatic carbocycles. The van der Waals surface area contributed by atoms with Crippen LogP contribution in [-0.4, -0.2) is 49.0 Å². The van der Waals surface area contributed by atoms with Crippen molar-refractivity contribution in [3.05, 3.63) is 114 Å². The number of nitrogens with one attached hydrogen (secondary N) is 2. The number of fused-ring (bicyclic) bond motifs is 1. The minimum atomic E-state index is 0.385. The summed E-state index contributed by atoms with van der Waals surface area (Å²) in [6.45, 7) is 2.95. The van der Waals surface area contributed by atoms with Crippen molar-refractivity contribution < 1.29 is 0 Å². The van der Waals surface area contributed by atoms with Crippen LogP contribution in [0.25, 0.3) is 40.0 Å². The topological polar surface area (TPSA) is 121 Å². The fourth-order valence-electron chi connectivity index (χ4n) is 5.88. The van der Waals surface area contributed by atoms with Gasteiger partial charge in [0.25, 0.3) is 0 Å². The molecule has 9 nitrogen and oxygen atoms in total. The average Bonchev–Trinajstić information content (AvgIpc) is 3.47. The number of H-pyrrole nitrogens is 1. The molecule has 1 saturated heterocycles. The number of nitrogens with zero attached hydrogens (tertiary/aromatic N) is 6. The highest BCUT2D eigenvalue weighted by Gasteiger charge is 2.24. The minimum absolute atomic E-state index is 0.385. The fourth-order valence-corrected chi connectivity index (χ4v) is 5.88. The molecule has 214 valence electrons. The van der Waals surface area contributed by atoms with Crippen LogP contribution in [0.3, 0.4) is 0 Å². The Kier molecular flexibility index (Phi) is 7.56. The largest absolute Gasteiger partial charge is 0.312 e. The van der Waals surface area contributed by atoms with Gasteiger partial charge in [-0.25, -0.2) is 20.8 Å². The second-order valence-corrected chi connectivity index (χ2v) is 11.0. The summed E-state index contributed by atoms with van der Waals surface area (Å²) in [5, 5.41) is 7.57. The highest BCUT2D eigenvalue weighted by Crippen LogP contribution is 2.34. The van der Waals surface area contributed by atoms with Gasteiger partial charge in [-0.05, 0) is 66.9 Å². The number of likely N-dealkylation sites (tertiary alicyclic amines) is 1. The standard InChI is InChI=1S/C34H33N9/c35-40-31-21-27-20-28(24-6-2-1-3-7-24)32(38-29(27)13-17-37-31)25-11-9-23(10-12-25)22-43-18-14-26(15-19-43)33-39-34(42-41-33)30-8-4-5-16-36-30/h1-13,16-17,20,26H,14-15,18-19,21-22,35H2,(H,37,40)(H,39,41,42). The van der Waals surface area contributed by atoms with E-state index in [1.54, 1.807) is 12.4 Å². The summed E-state index contributed by atoms with van der Waals surface area (Å²) in [4.78, 5) is 21.2. The van der Waals surface area contributed by atoms with Crippen molar-refractivity contribution in [2.75, 3.05) is 13.1 Å². The van der Waals surface area contributed by atoms with Crippen molar-refractivity contribution in [3.63, 3.8) is 0 Å². The molecule has 0 saturated carbocycles. The number of rotatable bonds is 6. The van der Waals surface area contributed by atoms with Crippen molar-refractivity contribution >= 4 is 11.9 Å². The zero-order valence-electron chi connectivity index (χ0n) is 23.8. The molecular formula is C34H33N9. The van der Waals surface area contributed by atoms with Gasteiger partial charge in [-0.2, -0.15) is 5.10 Å². The van der Waals surface area contributed by atoms with Crippen LogP contribution in [0.4, 0.5) is 0 Å². The number of benzene rings is 2. The van der Waals surface area contributed by atoms with Crippen molar-refractivity contribution in [2.24, 2.45) is 10.8 Å². The number of pyridine rings is 2. The van der Waals surface area contributed by atoms with Gasteiger partial charge in [-0.3, -0.25) is 15.0 Å². The highest BCUT2D eigenvalue weighted by atomic mass is 15.2. The normalized spacial score (nSPS) is 15.5. The first-order valence-corrected chi connectivity index (χ1v) is 14.7. The monoisotopic (exact) mass is 567 g/mol. The second-order valence-electron chi connectivity index (χ2n) is 11.0. The molecule has 0 radical (unpaired) electrons. The fraction of sp³-hybridized carbons (Fsp3) is 0.206. The first-order chi connectivity index (χ1) is 21.2. The van der Waals surface area contributed by atoms with Gasteiger partial charge in [-0.15, -0.1) is 0 Å². The Morgan fingerprint density at radius 2 is 1.72 bits per heavy atom. The van der Waals surface area contributed by atoms with Gasteiger partial charge in [0.15, 0.2) is 5.82 Å². The average molecular weight is 568 g/mol. The second kappa shape index (κ2) is 12.1. The number of aliphatic imine (C=N–C) groups is 1. The summed E-state index contributed by atoms with van der Waals surface area (Å²) in [5.41, 5.74) is 11.1. The van der Waals surface area contributed by atoms with E-state index in [1.165, 1.54) is 5.56 Å². The van der Waals surface area contributed by atoms with E-state index in [-0.39, 0.29) is 0 Å². The molecule has 0 amide bonds. The Balaban J connectivity index is 1.06. The maximum Gasteiger partial charge on any atom is 0.199 e. The number of piperidine rings is 1. The summed E-state index contributed by atoms with van der Waals surface area (Å²) in [6.07, 6.45) is 8.18. The predicted octanol–water partition coefficient (Wildman–Crippen LogP) is 5.36. The van der Waals surface area contributed by atoms with E-state index >= 15 is 0 Å². The predicted molar refractivity (Wildman–Crippen MR) is 169 cm³/mol. The summed E-state index contributed by atoms with van der Waals surface area (Å²) in [5.74, 6) is 8.42. The van der Waals surface area contributed by atoms with Gasteiger partial charge in [0.05, 0.1) is 11.4 Å². The first-order valence-electron chi connectivity index (χ1n) is 14.7. The zero-order valence-corrected chi connectivity index (χ0v) is 23.8. The van der Waals surface area contributed by atoms with Gasteiger partial charge in [0, 0.05) is 42.4 Å². The maximum atomic E-state index is 5.69. The molecule has 2 aliphatic heterocycles. The molecule has 4 N–H and O–H groups in total. The van der Waals surface area contributed by atoms with Crippen molar-refractivity contribution in [3.8, 4) is 33.9 Å². The van der Waals surface area contributed by atoms with Crippen LogP contribution in [-0.2, 0) is 13.0 Å². The Labute approximate surface area is 250 Å². The summed E-state index contributed by atoms with van der Waals surface area (Å²) >= 11 is 0. The number of hydrogen-bond acceptors (Lipinski definition) is 8. The van der Waals surface area contributed by atoms with E-state index < -0.39 is 0 Å². The number of hydrogen-bond donors (Lipinski definition) is 3. The molecule has 43 heavy (non-hydrogen) atoms. The number of aromatic amines is 1. The smallest absolute Gasteiger partial charge is 0.199 e. The molecule has 0 atom stereocenters. The van der Waals surface area contributed by atoms with Crippen LogP contribution in [0, 0.1) is 0 Å².